The van der Waals surface area contributed by atoms with Gasteiger partial charge in [-0.2, -0.15) is 0 Å². The number of guanidine groups is 1. The maximum Gasteiger partial charge on any atom is 0.242 e. The molecule has 0 bridgehead atoms. The fourth-order valence-corrected chi connectivity index (χ4v) is 2.74. The van der Waals surface area contributed by atoms with Gasteiger partial charge in [-0.25, -0.2) is 9.98 Å². The average molecular weight is 349 g/mol. The summed E-state index contributed by atoms with van der Waals surface area (Å²) in [5.74, 6) is 1.19. The highest BCUT2D eigenvalue weighted by Crippen LogP contribution is 2.10. The van der Waals surface area contributed by atoms with E-state index in [1.165, 1.54) is 4.88 Å². The van der Waals surface area contributed by atoms with Gasteiger partial charge in [0, 0.05) is 30.6 Å². The van der Waals surface area contributed by atoms with E-state index in [1.54, 1.807) is 23.7 Å². The maximum atomic E-state index is 11.8. The lowest BCUT2D eigenvalue weighted by atomic mass is 10.4. The summed E-state index contributed by atoms with van der Waals surface area (Å²) in [6.45, 7) is 5.91. The zero-order valence-corrected chi connectivity index (χ0v) is 14.8. The fraction of sp³-hybridized carbons (Fsp3) is 0.438. The van der Waals surface area contributed by atoms with Crippen LogP contribution < -0.4 is 16.0 Å². The van der Waals surface area contributed by atoms with Crippen molar-refractivity contribution in [3.05, 3.63) is 40.2 Å². The molecule has 2 aromatic rings. The number of aromatic nitrogens is 1. The van der Waals surface area contributed by atoms with Gasteiger partial charge < -0.3 is 20.4 Å². The van der Waals surface area contributed by atoms with E-state index in [9.17, 15) is 4.79 Å². The Balaban J connectivity index is 1.73. The van der Waals surface area contributed by atoms with E-state index >= 15 is 0 Å². The van der Waals surface area contributed by atoms with Crippen LogP contribution in [-0.4, -0.2) is 36.5 Å². The quantitative estimate of drug-likeness (QED) is 0.496. The number of thiazole rings is 1. The first kappa shape index (κ1) is 18.0. The van der Waals surface area contributed by atoms with Crippen molar-refractivity contribution in [2.45, 2.75) is 26.8 Å². The van der Waals surface area contributed by atoms with Crippen molar-refractivity contribution in [1.82, 2.24) is 20.9 Å². The standard InChI is InChI=1S/C16H23N5O2S/c1-3-17-16(18-7-6-15-20-9-12(2)24-15)21-11-14(22)19-10-13-5-4-8-23-13/h4-5,8-9H,3,6-7,10-11H2,1-2H3,(H,19,22)(H2,17,18,21). The molecular formula is C16H23N5O2S. The van der Waals surface area contributed by atoms with Gasteiger partial charge in [-0.1, -0.05) is 0 Å². The Morgan fingerprint density at radius 3 is 2.92 bits per heavy atom. The van der Waals surface area contributed by atoms with Crippen LogP contribution in [0.2, 0.25) is 0 Å². The Kier molecular flexibility index (Phi) is 7.28. The maximum absolute atomic E-state index is 11.8. The molecule has 0 saturated carbocycles. The number of nitrogens with one attached hydrogen (secondary N) is 3. The predicted molar refractivity (Wildman–Crippen MR) is 95.1 cm³/mol. The average Bonchev–Trinajstić information content (AvgIpc) is 3.22. The summed E-state index contributed by atoms with van der Waals surface area (Å²) in [4.78, 5) is 21.6. The smallest absolute Gasteiger partial charge is 0.242 e. The van der Waals surface area contributed by atoms with Crippen LogP contribution in [0, 0.1) is 6.92 Å². The molecule has 0 atom stereocenters. The van der Waals surface area contributed by atoms with Gasteiger partial charge in [0.25, 0.3) is 0 Å². The Morgan fingerprint density at radius 2 is 2.25 bits per heavy atom. The predicted octanol–water partition coefficient (Wildman–Crippen LogP) is 1.46. The summed E-state index contributed by atoms with van der Waals surface area (Å²) in [6.07, 6.45) is 4.28. The third-order valence-electron chi connectivity index (χ3n) is 3.07. The summed E-state index contributed by atoms with van der Waals surface area (Å²) in [6, 6.07) is 3.60. The molecule has 0 aromatic carbocycles. The summed E-state index contributed by atoms with van der Waals surface area (Å²) >= 11 is 1.69. The summed E-state index contributed by atoms with van der Waals surface area (Å²) in [5.41, 5.74) is 0. The van der Waals surface area contributed by atoms with Crippen molar-refractivity contribution in [2.24, 2.45) is 4.99 Å². The largest absolute Gasteiger partial charge is 0.467 e. The molecule has 1 amide bonds. The van der Waals surface area contributed by atoms with Gasteiger partial charge in [0.15, 0.2) is 5.96 Å². The molecule has 0 spiro atoms. The highest BCUT2D eigenvalue weighted by Gasteiger charge is 2.04. The Labute approximate surface area is 145 Å². The van der Waals surface area contributed by atoms with Crippen LogP contribution in [0.4, 0.5) is 0 Å². The van der Waals surface area contributed by atoms with Crippen molar-refractivity contribution < 1.29 is 9.21 Å². The normalized spacial score (nSPS) is 11.3. The number of carbonyl (C=O) groups is 1. The number of rotatable bonds is 8. The molecule has 24 heavy (non-hydrogen) atoms. The summed E-state index contributed by atoms with van der Waals surface area (Å²) < 4.78 is 5.16. The van der Waals surface area contributed by atoms with E-state index in [-0.39, 0.29) is 12.5 Å². The Bertz CT molecular complexity index is 651. The lowest BCUT2D eigenvalue weighted by Gasteiger charge is -2.10. The van der Waals surface area contributed by atoms with Gasteiger partial charge in [-0.05, 0) is 26.0 Å². The SMILES string of the molecule is CCNC(=NCC(=O)NCc1ccco1)NCCc1ncc(C)s1. The molecule has 0 aliphatic rings. The minimum atomic E-state index is -0.154. The van der Waals surface area contributed by atoms with Gasteiger partial charge in [-0.3, -0.25) is 4.79 Å². The van der Waals surface area contributed by atoms with E-state index in [0.29, 0.717) is 19.0 Å². The molecule has 8 heteroatoms. The topological polar surface area (TPSA) is 91.5 Å². The third kappa shape index (κ3) is 6.41. The number of aryl methyl sites for hydroxylation is 1. The minimum Gasteiger partial charge on any atom is -0.467 e. The molecule has 0 fully saturated rings. The second-order valence-corrected chi connectivity index (χ2v) is 6.41. The zero-order chi connectivity index (χ0) is 17.2. The van der Waals surface area contributed by atoms with Crippen molar-refractivity contribution in [2.75, 3.05) is 19.6 Å². The highest BCUT2D eigenvalue weighted by atomic mass is 32.1. The highest BCUT2D eigenvalue weighted by molar-refractivity contribution is 7.11. The van der Waals surface area contributed by atoms with Gasteiger partial charge in [-0.15, -0.1) is 11.3 Å². The van der Waals surface area contributed by atoms with Gasteiger partial charge in [0.05, 0.1) is 17.8 Å². The van der Waals surface area contributed by atoms with Crippen LogP contribution in [0.25, 0.3) is 0 Å². The lowest BCUT2D eigenvalue weighted by Crippen LogP contribution is -2.39. The molecule has 2 aromatic heterocycles. The fourth-order valence-electron chi connectivity index (χ4n) is 1.95. The number of amides is 1. The minimum absolute atomic E-state index is 0.0619. The van der Waals surface area contributed by atoms with Crippen LogP contribution in [0.3, 0.4) is 0 Å². The number of hydrogen-bond donors (Lipinski definition) is 3. The molecular weight excluding hydrogens is 326 g/mol. The van der Waals surface area contributed by atoms with E-state index < -0.39 is 0 Å². The number of hydrogen-bond acceptors (Lipinski definition) is 5. The summed E-state index contributed by atoms with van der Waals surface area (Å²) in [5, 5.41) is 10.2. The molecule has 0 aliphatic carbocycles. The van der Waals surface area contributed by atoms with Crippen LogP contribution >= 0.6 is 11.3 Å². The van der Waals surface area contributed by atoms with Gasteiger partial charge in [0.1, 0.15) is 12.3 Å². The molecule has 3 N–H and O–H groups in total. The Hall–Kier alpha value is -2.35. The van der Waals surface area contributed by atoms with E-state index in [1.807, 2.05) is 26.1 Å². The number of carbonyl (C=O) groups excluding carboxylic acids is 1. The molecule has 0 saturated heterocycles. The molecule has 2 heterocycles. The monoisotopic (exact) mass is 349 g/mol. The first-order valence-electron chi connectivity index (χ1n) is 7.90. The van der Waals surface area contributed by atoms with Crippen LogP contribution in [0.1, 0.15) is 22.6 Å². The first-order valence-corrected chi connectivity index (χ1v) is 8.71. The van der Waals surface area contributed by atoms with Crippen molar-refractivity contribution in [1.29, 1.82) is 0 Å². The van der Waals surface area contributed by atoms with Gasteiger partial charge in [0.2, 0.25) is 5.91 Å². The summed E-state index contributed by atoms with van der Waals surface area (Å²) in [7, 11) is 0. The third-order valence-corrected chi connectivity index (χ3v) is 4.04. The van der Waals surface area contributed by atoms with Crippen molar-refractivity contribution >= 4 is 23.2 Å². The second-order valence-electron chi connectivity index (χ2n) is 5.09. The van der Waals surface area contributed by atoms with Crippen LogP contribution in [0.15, 0.2) is 34.0 Å². The number of furan rings is 1. The number of aliphatic imine (C=N–C) groups is 1. The molecule has 130 valence electrons. The van der Waals surface area contributed by atoms with E-state index in [0.717, 1.165) is 23.7 Å². The first-order chi connectivity index (χ1) is 11.7. The molecule has 0 unspecified atom stereocenters. The molecule has 2 rings (SSSR count). The zero-order valence-electron chi connectivity index (χ0n) is 14.0. The second kappa shape index (κ2) is 9.71. The van der Waals surface area contributed by atoms with Gasteiger partial charge >= 0.3 is 0 Å². The van der Waals surface area contributed by atoms with E-state index in [4.69, 9.17) is 4.42 Å². The molecule has 0 aliphatic heterocycles. The molecule has 0 radical (unpaired) electrons. The van der Waals surface area contributed by atoms with Crippen LogP contribution in [0.5, 0.6) is 0 Å². The van der Waals surface area contributed by atoms with Crippen molar-refractivity contribution in [3.63, 3.8) is 0 Å². The Morgan fingerprint density at radius 1 is 1.38 bits per heavy atom. The van der Waals surface area contributed by atoms with Crippen LogP contribution in [-0.2, 0) is 17.8 Å². The van der Waals surface area contributed by atoms with E-state index in [2.05, 4.69) is 25.9 Å². The number of nitrogens with zero attached hydrogens (tertiary/aromatic N) is 2. The van der Waals surface area contributed by atoms with Crippen molar-refractivity contribution in [3.8, 4) is 0 Å². The molecule has 7 nitrogen and oxygen atoms in total. The lowest BCUT2D eigenvalue weighted by molar-refractivity contribution is -0.119.